The van der Waals surface area contributed by atoms with Crippen LogP contribution in [0.2, 0.25) is 0 Å². The summed E-state index contributed by atoms with van der Waals surface area (Å²) in [6.45, 7) is 2.04. The Morgan fingerprint density at radius 3 is 2.37 bits per heavy atom. The maximum absolute atomic E-state index is 12.9. The van der Waals surface area contributed by atoms with Crippen LogP contribution in [-0.4, -0.2) is 30.4 Å². The number of carbonyl (C=O) groups is 4. The van der Waals surface area contributed by atoms with Gasteiger partial charge in [-0.1, -0.05) is 42.8 Å². The van der Waals surface area contributed by atoms with Crippen molar-refractivity contribution in [1.29, 1.82) is 0 Å². The van der Waals surface area contributed by atoms with Crippen molar-refractivity contribution in [3.63, 3.8) is 0 Å². The molecule has 0 fully saturated rings. The average molecular weight is 428 g/mol. The highest BCUT2D eigenvalue weighted by atomic mass is 35.5. The predicted molar refractivity (Wildman–Crippen MR) is 107 cm³/mol. The normalized spacial score (nSPS) is 13.6. The van der Waals surface area contributed by atoms with E-state index in [2.05, 4.69) is 5.32 Å². The molecule has 0 saturated carbocycles. The second kappa shape index (κ2) is 8.79. The van der Waals surface area contributed by atoms with Crippen LogP contribution in [0.4, 0.5) is 11.4 Å². The Morgan fingerprint density at radius 1 is 1.07 bits per heavy atom. The number of amides is 2. The number of nitrogens with zero attached hydrogens (tertiary/aromatic N) is 1. The van der Waals surface area contributed by atoms with Crippen LogP contribution in [0.15, 0.2) is 59.3 Å². The number of esters is 1. The zero-order valence-corrected chi connectivity index (χ0v) is 16.6. The maximum atomic E-state index is 12.9. The summed E-state index contributed by atoms with van der Waals surface area (Å²) in [6, 6.07) is 11.4. The molecule has 0 unspecified atom stereocenters. The second-order valence-corrected chi connectivity index (χ2v) is 6.66. The number of hydrogen-bond donors (Lipinski definition) is 1. The molecule has 8 nitrogen and oxygen atoms in total. The van der Waals surface area contributed by atoms with E-state index in [-0.39, 0.29) is 34.2 Å². The number of carbonyl (C=O) groups excluding carboxylic acids is 4. The molecule has 1 aliphatic rings. The number of para-hydroxylation sites is 1. The summed E-state index contributed by atoms with van der Waals surface area (Å²) in [5.74, 6) is -3.57. The summed E-state index contributed by atoms with van der Waals surface area (Å²) in [6.07, 6.45) is 0.619. The van der Waals surface area contributed by atoms with Crippen LogP contribution in [0.25, 0.3) is 0 Å². The molecule has 2 aromatic carbocycles. The number of rotatable bonds is 7. The lowest BCUT2D eigenvalue weighted by molar-refractivity contribution is -0.255. The van der Waals surface area contributed by atoms with Gasteiger partial charge in [-0.15, -0.1) is 0 Å². The first-order chi connectivity index (χ1) is 14.3. The number of nitrogens with one attached hydrogen (secondary N) is 1. The number of benzene rings is 2. The molecule has 1 heterocycles. The van der Waals surface area contributed by atoms with E-state index >= 15 is 0 Å². The molecule has 154 valence electrons. The van der Waals surface area contributed by atoms with Gasteiger partial charge in [0.15, 0.2) is 0 Å². The number of aromatic carboxylic acids is 1. The van der Waals surface area contributed by atoms with Crippen molar-refractivity contribution in [3.05, 3.63) is 70.4 Å². The summed E-state index contributed by atoms with van der Waals surface area (Å²) in [7, 11) is 0. The molecule has 0 radical (unpaired) electrons. The Hall–Kier alpha value is -3.65. The lowest BCUT2D eigenvalue weighted by Crippen LogP contribution is -2.33. The van der Waals surface area contributed by atoms with Crippen LogP contribution in [0, 0.1) is 0 Å². The minimum Gasteiger partial charge on any atom is -0.545 e. The molecule has 0 aliphatic carbocycles. The second-order valence-electron chi connectivity index (χ2n) is 6.28. The number of imide groups is 1. The zero-order valence-electron chi connectivity index (χ0n) is 15.8. The van der Waals surface area contributed by atoms with E-state index < -0.39 is 23.8 Å². The van der Waals surface area contributed by atoms with Crippen molar-refractivity contribution in [2.45, 2.75) is 13.3 Å². The molecular weight excluding hydrogens is 412 g/mol. The molecule has 0 bridgehead atoms. The third kappa shape index (κ3) is 4.04. The van der Waals surface area contributed by atoms with Crippen LogP contribution in [-0.2, 0) is 14.3 Å². The summed E-state index contributed by atoms with van der Waals surface area (Å²) in [5.41, 5.74) is 0.203. The van der Waals surface area contributed by atoms with Crippen LogP contribution in [0.5, 0.6) is 0 Å². The topological polar surface area (TPSA) is 116 Å². The minimum absolute atomic E-state index is 0.0457. The van der Waals surface area contributed by atoms with E-state index in [4.69, 9.17) is 16.3 Å². The predicted octanol–water partition coefficient (Wildman–Crippen LogP) is 2.05. The number of hydrogen-bond acceptors (Lipinski definition) is 7. The zero-order chi connectivity index (χ0) is 21.8. The first kappa shape index (κ1) is 21.1. The molecule has 2 aromatic rings. The fourth-order valence-corrected chi connectivity index (χ4v) is 2.99. The van der Waals surface area contributed by atoms with Crippen molar-refractivity contribution in [2.75, 3.05) is 16.8 Å². The Labute approximate surface area is 176 Å². The van der Waals surface area contributed by atoms with Gasteiger partial charge in [-0.3, -0.25) is 9.59 Å². The van der Waals surface area contributed by atoms with Crippen molar-refractivity contribution >= 4 is 46.7 Å². The van der Waals surface area contributed by atoms with Gasteiger partial charge in [-0.05, 0) is 36.2 Å². The van der Waals surface area contributed by atoms with Gasteiger partial charge in [0.2, 0.25) is 0 Å². The summed E-state index contributed by atoms with van der Waals surface area (Å²) >= 11 is 6.10. The molecule has 0 spiro atoms. The highest BCUT2D eigenvalue weighted by Crippen LogP contribution is 2.32. The van der Waals surface area contributed by atoms with E-state index in [1.807, 2.05) is 6.92 Å². The number of ether oxygens (including phenoxy) is 1. The van der Waals surface area contributed by atoms with Gasteiger partial charge in [0, 0.05) is 5.69 Å². The van der Waals surface area contributed by atoms with Gasteiger partial charge in [0.25, 0.3) is 11.8 Å². The minimum atomic E-state index is -1.34. The van der Waals surface area contributed by atoms with Crippen molar-refractivity contribution in [3.8, 4) is 0 Å². The third-order valence-electron chi connectivity index (χ3n) is 4.22. The van der Waals surface area contributed by atoms with Gasteiger partial charge in [0.05, 0.1) is 23.8 Å². The molecule has 2 amide bonds. The van der Waals surface area contributed by atoms with E-state index in [0.717, 1.165) is 4.90 Å². The fourth-order valence-electron chi connectivity index (χ4n) is 2.78. The van der Waals surface area contributed by atoms with Crippen LogP contribution in [0.1, 0.15) is 34.1 Å². The maximum Gasteiger partial charge on any atom is 0.340 e. The van der Waals surface area contributed by atoms with Gasteiger partial charge in [0.1, 0.15) is 10.7 Å². The number of carboxylic acid groups (broad SMARTS) is 1. The monoisotopic (exact) mass is 427 g/mol. The summed E-state index contributed by atoms with van der Waals surface area (Å²) in [4.78, 5) is 49.6. The average Bonchev–Trinajstić information content (AvgIpc) is 2.95. The molecule has 9 heteroatoms. The van der Waals surface area contributed by atoms with E-state index in [1.54, 1.807) is 12.1 Å². The SMILES string of the molecule is CCCOC(=O)c1ccccc1N1C(=O)C(Cl)=C(Nc2ccc(C(=O)[O-])cc2)C1=O. The smallest absolute Gasteiger partial charge is 0.340 e. The molecule has 3 rings (SSSR count). The fraction of sp³-hybridized carbons (Fsp3) is 0.143. The summed E-state index contributed by atoms with van der Waals surface area (Å²) < 4.78 is 5.12. The van der Waals surface area contributed by atoms with Gasteiger partial charge in [-0.25, -0.2) is 9.69 Å². The van der Waals surface area contributed by atoms with Crippen molar-refractivity contribution < 1.29 is 29.0 Å². The number of halogens is 1. The standard InChI is InChI=1S/C21H17ClN2O6/c1-2-11-30-21(29)14-5-3-4-6-15(14)24-18(25)16(22)17(19(24)26)23-13-9-7-12(8-10-13)20(27)28/h3-10,23H,2,11H2,1H3,(H,27,28)/p-1. The Bertz CT molecular complexity index is 1060. The molecular formula is C21H16ClN2O6-. The first-order valence-corrected chi connectivity index (χ1v) is 9.36. The Kier molecular flexibility index (Phi) is 6.17. The highest BCUT2D eigenvalue weighted by Gasteiger charge is 2.40. The van der Waals surface area contributed by atoms with E-state index in [9.17, 15) is 24.3 Å². The van der Waals surface area contributed by atoms with Crippen molar-refractivity contribution in [2.24, 2.45) is 0 Å². The lowest BCUT2D eigenvalue weighted by atomic mass is 10.1. The molecule has 1 aliphatic heterocycles. The van der Waals surface area contributed by atoms with E-state index in [0.29, 0.717) is 12.1 Å². The molecule has 0 aromatic heterocycles. The van der Waals surface area contributed by atoms with Gasteiger partial charge in [-0.2, -0.15) is 0 Å². The van der Waals surface area contributed by atoms with Crippen LogP contribution in [0.3, 0.4) is 0 Å². The van der Waals surface area contributed by atoms with Crippen molar-refractivity contribution in [1.82, 2.24) is 0 Å². The van der Waals surface area contributed by atoms with Gasteiger partial charge < -0.3 is 20.0 Å². The lowest BCUT2D eigenvalue weighted by Gasteiger charge is -2.18. The summed E-state index contributed by atoms with van der Waals surface area (Å²) in [5, 5.41) is 13.2. The molecule has 0 saturated heterocycles. The Balaban J connectivity index is 1.89. The van der Waals surface area contributed by atoms with Crippen LogP contribution < -0.4 is 15.3 Å². The Morgan fingerprint density at radius 2 is 1.73 bits per heavy atom. The highest BCUT2D eigenvalue weighted by molar-refractivity contribution is 6.53. The third-order valence-corrected chi connectivity index (χ3v) is 4.57. The van der Waals surface area contributed by atoms with E-state index in [1.165, 1.54) is 36.4 Å². The number of anilines is 2. The molecule has 0 atom stereocenters. The molecule has 1 N–H and O–H groups in total. The van der Waals surface area contributed by atoms with Crippen LogP contribution >= 0.6 is 11.6 Å². The quantitative estimate of drug-likeness (QED) is 0.531. The molecule has 30 heavy (non-hydrogen) atoms. The van der Waals surface area contributed by atoms with Gasteiger partial charge >= 0.3 is 5.97 Å². The largest absolute Gasteiger partial charge is 0.545 e. The first-order valence-electron chi connectivity index (χ1n) is 8.98. The number of carboxylic acids is 1.